The lowest BCUT2D eigenvalue weighted by Crippen LogP contribution is -2.50. The first-order valence-corrected chi connectivity index (χ1v) is 14.6. The Bertz CT molecular complexity index is 871. The lowest BCUT2D eigenvalue weighted by atomic mass is 10.0. The molecule has 0 spiro atoms. The molecule has 1 aliphatic rings. The van der Waals surface area contributed by atoms with Crippen LogP contribution >= 0.6 is 0 Å². The molecule has 2 rings (SSSR count). The number of amides is 2. The average molecular weight is 530 g/mol. The molecule has 7 nitrogen and oxygen atoms in total. The molecule has 1 aliphatic heterocycles. The van der Waals surface area contributed by atoms with Gasteiger partial charge in [0, 0.05) is 32.1 Å². The van der Waals surface area contributed by atoms with Crippen molar-refractivity contribution < 1.29 is 19.1 Å². The van der Waals surface area contributed by atoms with Gasteiger partial charge in [-0.2, -0.15) is 0 Å². The molecule has 214 valence electrons. The van der Waals surface area contributed by atoms with Crippen LogP contribution in [-0.2, 0) is 11.3 Å². The van der Waals surface area contributed by atoms with E-state index in [2.05, 4.69) is 50.2 Å². The number of allylic oxidation sites excluding steroid dienone is 2. The van der Waals surface area contributed by atoms with Crippen LogP contribution in [0.2, 0.25) is 0 Å². The SMILES string of the molecule is CCCCCN(C)CC1CCCCN1C(=O)Oc1ccc(CNC(=O)CCCC/C=C/C(C)C)cc1OC. The van der Waals surface area contributed by atoms with E-state index in [0.717, 1.165) is 57.2 Å². The summed E-state index contributed by atoms with van der Waals surface area (Å²) >= 11 is 0. The molecule has 7 heteroatoms. The molecule has 2 amide bonds. The van der Waals surface area contributed by atoms with Crippen molar-refractivity contribution in [1.29, 1.82) is 0 Å². The fraction of sp³-hybridized carbons (Fsp3) is 0.677. The third kappa shape index (κ3) is 11.9. The second kappa shape index (κ2) is 17.9. The van der Waals surface area contributed by atoms with Crippen LogP contribution in [0.4, 0.5) is 4.79 Å². The van der Waals surface area contributed by atoms with Crippen molar-refractivity contribution in [3.05, 3.63) is 35.9 Å². The van der Waals surface area contributed by atoms with Gasteiger partial charge in [-0.05, 0) is 82.2 Å². The number of piperidine rings is 1. The number of ether oxygens (including phenoxy) is 2. The van der Waals surface area contributed by atoms with Gasteiger partial charge in [0.15, 0.2) is 11.5 Å². The summed E-state index contributed by atoms with van der Waals surface area (Å²) in [7, 11) is 3.71. The standard InChI is InChI=1S/C31H51N3O4/c1-6-7-13-20-33(4)24-27-16-12-14-21-34(27)31(36)38-28-19-18-26(22-29(28)37-5)23-32-30(35)17-11-9-8-10-15-25(2)3/h10,15,18-19,22,25,27H,6-9,11-14,16-17,20-21,23-24H2,1-5H3,(H,32,35)/b15-10+. The van der Waals surface area contributed by atoms with E-state index in [-0.39, 0.29) is 18.0 Å². The van der Waals surface area contributed by atoms with Gasteiger partial charge in [-0.15, -0.1) is 0 Å². The Balaban J connectivity index is 1.86. The molecule has 0 bridgehead atoms. The van der Waals surface area contributed by atoms with Crippen LogP contribution in [0.5, 0.6) is 11.5 Å². The second-order valence-corrected chi connectivity index (χ2v) is 10.9. The summed E-state index contributed by atoms with van der Waals surface area (Å²) in [5.41, 5.74) is 0.902. The highest BCUT2D eigenvalue weighted by molar-refractivity contribution is 5.76. The third-order valence-electron chi connectivity index (χ3n) is 6.99. The minimum Gasteiger partial charge on any atom is -0.493 e. The van der Waals surface area contributed by atoms with E-state index in [1.54, 1.807) is 13.2 Å². The molecule has 38 heavy (non-hydrogen) atoms. The van der Waals surface area contributed by atoms with Crippen LogP contribution < -0.4 is 14.8 Å². The van der Waals surface area contributed by atoms with Gasteiger partial charge < -0.3 is 24.6 Å². The lowest BCUT2D eigenvalue weighted by molar-refractivity contribution is -0.121. The Morgan fingerprint density at radius 1 is 1.16 bits per heavy atom. The molecule has 0 saturated carbocycles. The van der Waals surface area contributed by atoms with E-state index in [4.69, 9.17) is 9.47 Å². The van der Waals surface area contributed by atoms with Crippen molar-refractivity contribution in [3.8, 4) is 11.5 Å². The number of carbonyl (C=O) groups excluding carboxylic acids is 2. The zero-order valence-electron chi connectivity index (χ0n) is 24.5. The molecule has 1 heterocycles. The van der Waals surface area contributed by atoms with Crippen LogP contribution in [0, 0.1) is 5.92 Å². The zero-order chi connectivity index (χ0) is 27.8. The van der Waals surface area contributed by atoms with Gasteiger partial charge in [0.2, 0.25) is 5.91 Å². The van der Waals surface area contributed by atoms with E-state index in [1.807, 2.05) is 17.0 Å². The van der Waals surface area contributed by atoms with Crippen molar-refractivity contribution in [3.63, 3.8) is 0 Å². The molecule has 1 N–H and O–H groups in total. The van der Waals surface area contributed by atoms with Crippen molar-refractivity contribution in [2.45, 2.75) is 97.6 Å². The van der Waals surface area contributed by atoms with E-state index in [9.17, 15) is 9.59 Å². The Morgan fingerprint density at radius 3 is 2.71 bits per heavy atom. The van der Waals surface area contributed by atoms with E-state index in [0.29, 0.717) is 36.9 Å². The van der Waals surface area contributed by atoms with Gasteiger partial charge in [-0.1, -0.05) is 51.8 Å². The lowest BCUT2D eigenvalue weighted by Gasteiger charge is -2.37. The van der Waals surface area contributed by atoms with Gasteiger partial charge in [0.05, 0.1) is 7.11 Å². The van der Waals surface area contributed by atoms with Gasteiger partial charge in [0.1, 0.15) is 0 Å². The molecular formula is C31H51N3O4. The van der Waals surface area contributed by atoms with Gasteiger partial charge in [-0.3, -0.25) is 4.79 Å². The highest BCUT2D eigenvalue weighted by Crippen LogP contribution is 2.30. The fourth-order valence-electron chi connectivity index (χ4n) is 4.78. The Morgan fingerprint density at radius 2 is 1.97 bits per heavy atom. The molecule has 1 fully saturated rings. The molecule has 1 aromatic carbocycles. The van der Waals surface area contributed by atoms with E-state index < -0.39 is 0 Å². The number of carbonyl (C=O) groups is 2. The van der Waals surface area contributed by atoms with Crippen molar-refractivity contribution in [1.82, 2.24) is 15.1 Å². The summed E-state index contributed by atoms with van der Waals surface area (Å²) in [5, 5.41) is 2.98. The van der Waals surface area contributed by atoms with Crippen LogP contribution in [-0.4, -0.2) is 61.6 Å². The number of nitrogens with zero attached hydrogens (tertiary/aromatic N) is 2. The molecule has 1 saturated heterocycles. The summed E-state index contributed by atoms with van der Waals surface area (Å²) in [5.74, 6) is 1.51. The van der Waals surface area contributed by atoms with Crippen LogP contribution in [0.25, 0.3) is 0 Å². The Labute approximate surface area is 230 Å². The third-order valence-corrected chi connectivity index (χ3v) is 6.99. The van der Waals surface area contributed by atoms with Crippen LogP contribution in [0.15, 0.2) is 30.4 Å². The van der Waals surface area contributed by atoms with Gasteiger partial charge in [0.25, 0.3) is 0 Å². The minimum atomic E-state index is -0.320. The van der Waals surface area contributed by atoms with Crippen molar-refractivity contribution in [2.24, 2.45) is 5.92 Å². The van der Waals surface area contributed by atoms with Crippen molar-refractivity contribution in [2.75, 3.05) is 33.8 Å². The number of methoxy groups -OCH3 is 1. The largest absolute Gasteiger partial charge is 0.493 e. The maximum absolute atomic E-state index is 13.2. The monoisotopic (exact) mass is 529 g/mol. The number of likely N-dealkylation sites (N-methyl/N-ethyl adjacent to an activating group) is 1. The summed E-state index contributed by atoms with van der Waals surface area (Å²) in [4.78, 5) is 29.6. The highest BCUT2D eigenvalue weighted by Gasteiger charge is 2.29. The first-order chi connectivity index (χ1) is 18.3. The molecule has 1 atom stereocenters. The maximum Gasteiger partial charge on any atom is 0.415 e. The highest BCUT2D eigenvalue weighted by atomic mass is 16.6. The Hall–Kier alpha value is -2.54. The van der Waals surface area contributed by atoms with Gasteiger partial charge in [-0.25, -0.2) is 4.79 Å². The molecule has 0 radical (unpaired) electrons. The second-order valence-electron chi connectivity index (χ2n) is 10.9. The topological polar surface area (TPSA) is 71.1 Å². The summed E-state index contributed by atoms with van der Waals surface area (Å²) in [6, 6.07) is 5.62. The minimum absolute atomic E-state index is 0.0445. The first kappa shape index (κ1) is 31.7. The van der Waals surface area contributed by atoms with Crippen molar-refractivity contribution >= 4 is 12.0 Å². The number of nitrogens with one attached hydrogen (secondary N) is 1. The predicted molar refractivity (Wildman–Crippen MR) is 155 cm³/mol. The molecule has 1 aromatic rings. The normalized spacial score (nSPS) is 15.9. The average Bonchev–Trinajstić information content (AvgIpc) is 2.90. The van der Waals surface area contributed by atoms with E-state index in [1.165, 1.54) is 19.3 Å². The molecular weight excluding hydrogens is 478 g/mol. The first-order valence-electron chi connectivity index (χ1n) is 14.6. The quantitative estimate of drug-likeness (QED) is 0.194. The van der Waals surface area contributed by atoms with Crippen LogP contribution in [0.1, 0.15) is 90.5 Å². The number of benzene rings is 1. The van der Waals surface area contributed by atoms with Gasteiger partial charge >= 0.3 is 6.09 Å². The maximum atomic E-state index is 13.2. The summed E-state index contributed by atoms with van der Waals surface area (Å²) in [6.07, 6.45) is 14.2. The number of hydrogen-bond acceptors (Lipinski definition) is 5. The molecule has 0 aromatic heterocycles. The van der Waals surface area contributed by atoms with E-state index >= 15 is 0 Å². The smallest absolute Gasteiger partial charge is 0.415 e. The number of likely N-dealkylation sites (tertiary alicyclic amines) is 1. The number of rotatable bonds is 16. The number of unbranched alkanes of at least 4 members (excludes halogenated alkanes) is 4. The predicted octanol–water partition coefficient (Wildman–Crippen LogP) is 6.56. The molecule has 0 aliphatic carbocycles. The fourth-order valence-corrected chi connectivity index (χ4v) is 4.78. The summed E-state index contributed by atoms with van der Waals surface area (Å²) in [6.45, 7) is 9.58. The molecule has 1 unspecified atom stereocenters. The number of hydrogen-bond donors (Lipinski definition) is 1. The zero-order valence-corrected chi connectivity index (χ0v) is 24.5. The van der Waals surface area contributed by atoms with Crippen LogP contribution in [0.3, 0.4) is 0 Å². The Kier molecular flexibility index (Phi) is 14.9. The summed E-state index contributed by atoms with van der Waals surface area (Å²) < 4.78 is 11.3.